The third-order valence-corrected chi connectivity index (χ3v) is 4.82. The first kappa shape index (κ1) is 17.1. The molecule has 7 nitrogen and oxygen atoms in total. The molecule has 1 aliphatic heterocycles. The molecule has 1 aliphatic rings. The fourth-order valence-corrected chi connectivity index (χ4v) is 3.47. The number of carbonyl (C=O) groups excluding carboxylic acids is 1. The second-order valence-corrected chi connectivity index (χ2v) is 6.47. The summed E-state index contributed by atoms with van der Waals surface area (Å²) in [5.74, 6) is -1.55. The summed E-state index contributed by atoms with van der Waals surface area (Å²) in [6.07, 6.45) is 4.12. The van der Waals surface area contributed by atoms with Gasteiger partial charge < -0.3 is 10.0 Å². The molecule has 2 atom stereocenters. The molecular formula is C18H22N4O3. The Kier molecular flexibility index (Phi) is 5.11. The van der Waals surface area contributed by atoms with Gasteiger partial charge >= 0.3 is 5.97 Å². The Labute approximate surface area is 146 Å². The smallest absolute Gasteiger partial charge is 0.308 e. The van der Waals surface area contributed by atoms with Crippen LogP contribution >= 0.6 is 0 Å². The highest BCUT2D eigenvalue weighted by atomic mass is 16.4. The maximum Gasteiger partial charge on any atom is 0.308 e. The van der Waals surface area contributed by atoms with Crippen molar-refractivity contribution in [2.45, 2.75) is 32.2 Å². The normalized spacial score (nSPS) is 20.0. The summed E-state index contributed by atoms with van der Waals surface area (Å²) in [7, 11) is 0. The number of carbonyl (C=O) groups is 2. The molecule has 0 spiro atoms. The topological polar surface area (TPSA) is 88.3 Å². The van der Waals surface area contributed by atoms with Gasteiger partial charge in [0.2, 0.25) is 5.91 Å². The number of aliphatic carboxylic acids is 1. The van der Waals surface area contributed by atoms with Crippen LogP contribution in [0, 0.1) is 12.8 Å². The second kappa shape index (κ2) is 7.46. The summed E-state index contributed by atoms with van der Waals surface area (Å²) in [6.45, 7) is 3.35. The quantitative estimate of drug-likeness (QED) is 0.863. The average molecular weight is 342 g/mol. The van der Waals surface area contributed by atoms with Crippen LogP contribution in [-0.4, -0.2) is 49.7 Å². The first-order valence-corrected chi connectivity index (χ1v) is 8.45. The minimum atomic E-state index is -0.842. The van der Waals surface area contributed by atoms with Crippen molar-refractivity contribution < 1.29 is 14.7 Å². The van der Waals surface area contributed by atoms with Gasteiger partial charge in [-0.2, -0.15) is 5.10 Å². The molecule has 1 N–H and O–H groups in total. The molecule has 1 amide bonds. The van der Waals surface area contributed by atoms with Gasteiger partial charge in [0, 0.05) is 32.0 Å². The summed E-state index contributed by atoms with van der Waals surface area (Å²) in [4.78, 5) is 29.7. The predicted octanol–water partition coefficient (Wildman–Crippen LogP) is 1.69. The van der Waals surface area contributed by atoms with Crippen LogP contribution in [0.2, 0.25) is 0 Å². The summed E-state index contributed by atoms with van der Waals surface area (Å²) < 4.78 is 1.69. The Bertz CT molecular complexity index is 745. The van der Waals surface area contributed by atoms with Crippen molar-refractivity contribution in [1.29, 1.82) is 0 Å². The van der Waals surface area contributed by atoms with Gasteiger partial charge in [0.25, 0.3) is 0 Å². The summed E-state index contributed by atoms with van der Waals surface area (Å²) in [6, 6.07) is 7.81. The molecule has 0 aliphatic carbocycles. The third kappa shape index (κ3) is 3.87. The molecule has 1 saturated heterocycles. The molecule has 2 aromatic rings. The third-order valence-electron chi connectivity index (χ3n) is 4.82. The van der Waals surface area contributed by atoms with Gasteiger partial charge in [-0.25, -0.2) is 4.98 Å². The molecule has 0 radical (unpaired) electrons. The van der Waals surface area contributed by atoms with Gasteiger partial charge in [-0.1, -0.05) is 24.3 Å². The number of likely N-dealkylation sites (tertiary alicyclic amines) is 1. The largest absolute Gasteiger partial charge is 0.481 e. The van der Waals surface area contributed by atoms with E-state index >= 15 is 0 Å². The van der Waals surface area contributed by atoms with Gasteiger partial charge in [-0.3, -0.25) is 14.3 Å². The highest BCUT2D eigenvalue weighted by molar-refractivity contribution is 5.79. The maximum absolute atomic E-state index is 12.5. The number of rotatable bonds is 6. The SMILES string of the molecule is Cc1ccccc1C1CN(C(=O)CCCn2cncn2)CC1C(=O)O. The molecule has 1 aromatic heterocycles. The number of carboxylic acid groups (broad SMARTS) is 1. The minimum absolute atomic E-state index is 0.00227. The minimum Gasteiger partial charge on any atom is -0.481 e. The Balaban J connectivity index is 1.64. The predicted molar refractivity (Wildman–Crippen MR) is 90.9 cm³/mol. The van der Waals surface area contributed by atoms with Gasteiger partial charge in [0.05, 0.1) is 5.92 Å². The molecule has 7 heteroatoms. The maximum atomic E-state index is 12.5. The van der Waals surface area contributed by atoms with E-state index in [0.29, 0.717) is 25.9 Å². The molecule has 132 valence electrons. The molecule has 2 heterocycles. The molecule has 0 bridgehead atoms. The number of carboxylic acids is 1. The first-order chi connectivity index (χ1) is 12.1. The van der Waals surface area contributed by atoms with E-state index in [1.165, 1.54) is 6.33 Å². The number of hydrogen-bond donors (Lipinski definition) is 1. The lowest BCUT2D eigenvalue weighted by Crippen LogP contribution is -2.29. The first-order valence-electron chi connectivity index (χ1n) is 8.45. The van der Waals surface area contributed by atoms with Crippen LogP contribution in [0.4, 0.5) is 0 Å². The van der Waals surface area contributed by atoms with Crippen LogP contribution in [0.1, 0.15) is 29.9 Å². The lowest BCUT2D eigenvalue weighted by molar-refractivity contribution is -0.141. The summed E-state index contributed by atoms with van der Waals surface area (Å²) in [5, 5.41) is 13.6. The van der Waals surface area contributed by atoms with Crippen molar-refractivity contribution in [3.63, 3.8) is 0 Å². The van der Waals surface area contributed by atoms with Gasteiger partial charge in [-0.05, 0) is 24.5 Å². The van der Waals surface area contributed by atoms with Crippen molar-refractivity contribution in [2.75, 3.05) is 13.1 Å². The summed E-state index contributed by atoms with van der Waals surface area (Å²) >= 11 is 0. The zero-order chi connectivity index (χ0) is 17.8. The molecule has 25 heavy (non-hydrogen) atoms. The van der Waals surface area contributed by atoms with Crippen LogP contribution in [-0.2, 0) is 16.1 Å². The summed E-state index contributed by atoms with van der Waals surface area (Å²) in [5.41, 5.74) is 2.09. The zero-order valence-corrected chi connectivity index (χ0v) is 14.2. The Morgan fingerprint density at radius 3 is 2.76 bits per heavy atom. The second-order valence-electron chi connectivity index (χ2n) is 6.47. The fraction of sp³-hybridized carbons (Fsp3) is 0.444. The monoisotopic (exact) mass is 342 g/mol. The molecular weight excluding hydrogens is 320 g/mol. The zero-order valence-electron chi connectivity index (χ0n) is 14.2. The van der Waals surface area contributed by atoms with E-state index in [-0.39, 0.29) is 18.4 Å². The van der Waals surface area contributed by atoms with Gasteiger partial charge in [0.15, 0.2) is 0 Å². The van der Waals surface area contributed by atoms with E-state index in [2.05, 4.69) is 10.1 Å². The van der Waals surface area contributed by atoms with E-state index in [4.69, 9.17) is 0 Å². The van der Waals surface area contributed by atoms with Crippen LogP contribution in [0.25, 0.3) is 0 Å². The highest BCUT2D eigenvalue weighted by Gasteiger charge is 2.40. The number of aryl methyl sites for hydroxylation is 2. The molecule has 1 fully saturated rings. The van der Waals surface area contributed by atoms with Crippen molar-refractivity contribution >= 4 is 11.9 Å². The van der Waals surface area contributed by atoms with Gasteiger partial charge in [0.1, 0.15) is 12.7 Å². The van der Waals surface area contributed by atoms with Crippen molar-refractivity contribution in [3.05, 3.63) is 48.0 Å². The van der Waals surface area contributed by atoms with Crippen molar-refractivity contribution in [2.24, 2.45) is 5.92 Å². The molecule has 2 unspecified atom stereocenters. The highest BCUT2D eigenvalue weighted by Crippen LogP contribution is 2.34. The van der Waals surface area contributed by atoms with Crippen LogP contribution in [0.3, 0.4) is 0 Å². The van der Waals surface area contributed by atoms with Crippen LogP contribution < -0.4 is 0 Å². The standard InChI is InChI=1S/C18H22N4O3/c1-13-5-2-3-6-14(13)15-9-21(10-16(15)18(24)25)17(23)7-4-8-22-12-19-11-20-22/h2-3,5-6,11-12,15-16H,4,7-10H2,1H3,(H,24,25). The van der Waals surface area contributed by atoms with Crippen molar-refractivity contribution in [3.8, 4) is 0 Å². The van der Waals surface area contributed by atoms with Crippen molar-refractivity contribution in [1.82, 2.24) is 19.7 Å². The number of nitrogens with zero attached hydrogens (tertiary/aromatic N) is 4. The Morgan fingerprint density at radius 2 is 2.08 bits per heavy atom. The van der Waals surface area contributed by atoms with E-state index in [1.54, 1.807) is 15.9 Å². The molecule has 1 aromatic carbocycles. The van der Waals surface area contributed by atoms with Crippen LogP contribution in [0.5, 0.6) is 0 Å². The van der Waals surface area contributed by atoms with E-state index in [1.807, 2.05) is 31.2 Å². The van der Waals surface area contributed by atoms with Gasteiger partial charge in [-0.15, -0.1) is 0 Å². The number of aromatic nitrogens is 3. The number of amides is 1. The van der Waals surface area contributed by atoms with E-state index < -0.39 is 11.9 Å². The van der Waals surface area contributed by atoms with E-state index in [9.17, 15) is 14.7 Å². The molecule has 3 rings (SSSR count). The number of benzene rings is 1. The lowest BCUT2D eigenvalue weighted by atomic mass is 9.86. The van der Waals surface area contributed by atoms with Crippen LogP contribution in [0.15, 0.2) is 36.9 Å². The lowest BCUT2D eigenvalue weighted by Gasteiger charge is -2.18. The Morgan fingerprint density at radius 1 is 1.28 bits per heavy atom. The number of hydrogen-bond acceptors (Lipinski definition) is 4. The fourth-order valence-electron chi connectivity index (χ4n) is 3.47. The molecule has 0 saturated carbocycles. The average Bonchev–Trinajstić information content (AvgIpc) is 3.24. The van der Waals surface area contributed by atoms with E-state index in [0.717, 1.165) is 11.1 Å². The Hall–Kier alpha value is -2.70.